The van der Waals surface area contributed by atoms with Crippen molar-refractivity contribution in [2.45, 2.75) is 26.8 Å². The minimum Gasteiger partial charge on any atom is -0.463 e. The highest BCUT2D eigenvalue weighted by Gasteiger charge is 2.33. The average Bonchev–Trinajstić information content (AvgIpc) is 3.24. The largest absolute Gasteiger partial charge is 0.463 e. The van der Waals surface area contributed by atoms with E-state index < -0.39 is 17.8 Å². The molecule has 1 aliphatic heterocycles. The van der Waals surface area contributed by atoms with Gasteiger partial charge in [-0.3, -0.25) is 9.36 Å². The molecule has 3 aromatic rings. The second kappa shape index (κ2) is 7.87. The summed E-state index contributed by atoms with van der Waals surface area (Å²) in [6.45, 7) is 5.42. The van der Waals surface area contributed by atoms with Crippen LogP contribution in [0.15, 0.2) is 61.9 Å². The number of nitrogens with zero attached hydrogens (tertiary/aromatic N) is 2. The number of esters is 1. The highest BCUT2D eigenvalue weighted by molar-refractivity contribution is 7.07. The van der Waals surface area contributed by atoms with Gasteiger partial charge in [-0.2, -0.15) is 0 Å². The molecule has 0 aliphatic carbocycles. The lowest BCUT2D eigenvalue weighted by molar-refractivity contribution is -0.139. The zero-order valence-corrected chi connectivity index (χ0v) is 17.5. The lowest BCUT2D eigenvalue weighted by Gasteiger charge is -2.24. The molecule has 3 heterocycles. The molecule has 8 heteroatoms. The van der Waals surface area contributed by atoms with E-state index >= 15 is 0 Å². The SMILES string of the molecule is CCOC(=O)C1=C(C)N=c2s/c(=C/c3ccc(C)o3)c(=O)n2[C@@H]1c1ccc(F)cc1. The van der Waals surface area contributed by atoms with Crippen molar-refractivity contribution in [3.05, 3.63) is 90.3 Å². The molecule has 0 bridgehead atoms. The number of halogens is 1. The van der Waals surface area contributed by atoms with Crippen molar-refractivity contribution >= 4 is 23.4 Å². The Labute approximate surface area is 175 Å². The normalized spacial score (nSPS) is 16.4. The van der Waals surface area contributed by atoms with E-state index in [0.717, 1.165) is 5.76 Å². The number of hydrogen-bond acceptors (Lipinski definition) is 6. The first kappa shape index (κ1) is 20.0. The topological polar surface area (TPSA) is 73.8 Å². The molecule has 1 aliphatic rings. The maximum atomic E-state index is 13.5. The maximum Gasteiger partial charge on any atom is 0.338 e. The molecule has 0 saturated carbocycles. The van der Waals surface area contributed by atoms with Crippen molar-refractivity contribution in [1.29, 1.82) is 0 Å². The van der Waals surface area contributed by atoms with Crippen molar-refractivity contribution in [2.24, 2.45) is 4.99 Å². The number of carbonyl (C=O) groups excluding carboxylic acids is 1. The van der Waals surface area contributed by atoms with Crippen molar-refractivity contribution < 1.29 is 18.3 Å². The van der Waals surface area contributed by atoms with Crippen LogP contribution < -0.4 is 14.9 Å². The van der Waals surface area contributed by atoms with Gasteiger partial charge in [0.2, 0.25) is 0 Å². The van der Waals surface area contributed by atoms with Crippen molar-refractivity contribution in [3.8, 4) is 0 Å². The number of rotatable bonds is 4. The van der Waals surface area contributed by atoms with Gasteiger partial charge in [-0.05, 0) is 50.6 Å². The van der Waals surface area contributed by atoms with Crippen LogP contribution in [0.1, 0.15) is 37.0 Å². The molecule has 0 spiro atoms. The van der Waals surface area contributed by atoms with Crippen LogP contribution >= 0.6 is 11.3 Å². The van der Waals surface area contributed by atoms with Crippen LogP contribution in [-0.4, -0.2) is 17.1 Å². The van der Waals surface area contributed by atoms with E-state index in [9.17, 15) is 14.0 Å². The molecule has 0 saturated heterocycles. The average molecular weight is 426 g/mol. The number of fused-ring (bicyclic) bond motifs is 1. The highest BCUT2D eigenvalue weighted by Crippen LogP contribution is 2.30. The molecule has 154 valence electrons. The molecule has 4 rings (SSSR count). The fourth-order valence-electron chi connectivity index (χ4n) is 3.41. The predicted molar refractivity (Wildman–Crippen MR) is 110 cm³/mol. The summed E-state index contributed by atoms with van der Waals surface area (Å²) in [5.41, 5.74) is 1.01. The summed E-state index contributed by atoms with van der Waals surface area (Å²) in [6.07, 6.45) is 1.65. The zero-order valence-electron chi connectivity index (χ0n) is 16.6. The first-order valence-corrected chi connectivity index (χ1v) is 10.2. The number of carbonyl (C=O) groups is 1. The second-order valence-corrected chi connectivity index (χ2v) is 7.81. The number of furan rings is 1. The molecule has 0 unspecified atom stereocenters. The van der Waals surface area contributed by atoms with Crippen LogP contribution in [0.4, 0.5) is 4.39 Å². The third-order valence-electron chi connectivity index (χ3n) is 4.74. The molecule has 0 radical (unpaired) electrons. The monoisotopic (exact) mass is 426 g/mol. The van der Waals surface area contributed by atoms with Gasteiger partial charge in [-0.25, -0.2) is 14.2 Å². The van der Waals surface area contributed by atoms with Gasteiger partial charge in [0.1, 0.15) is 17.3 Å². The summed E-state index contributed by atoms with van der Waals surface area (Å²) < 4.78 is 26.2. The van der Waals surface area contributed by atoms with Crippen molar-refractivity contribution in [2.75, 3.05) is 6.61 Å². The van der Waals surface area contributed by atoms with Gasteiger partial charge in [0.15, 0.2) is 4.80 Å². The van der Waals surface area contributed by atoms with Crippen LogP contribution in [0.25, 0.3) is 6.08 Å². The summed E-state index contributed by atoms with van der Waals surface area (Å²) >= 11 is 1.21. The Balaban J connectivity index is 1.96. The molecular formula is C22H19FN2O4S. The van der Waals surface area contributed by atoms with Crippen molar-refractivity contribution in [1.82, 2.24) is 4.57 Å². The Morgan fingerprint density at radius 2 is 2.00 bits per heavy atom. The molecular weight excluding hydrogens is 407 g/mol. The highest BCUT2D eigenvalue weighted by atomic mass is 32.1. The van der Waals surface area contributed by atoms with E-state index in [1.54, 1.807) is 38.1 Å². The number of aromatic nitrogens is 1. The van der Waals surface area contributed by atoms with Gasteiger partial charge in [0.25, 0.3) is 5.56 Å². The molecule has 6 nitrogen and oxygen atoms in total. The Kier molecular flexibility index (Phi) is 5.26. The third-order valence-corrected chi connectivity index (χ3v) is 5.72. The number of thiazole rings is 1. The standard InChI is InChI=1S/C22H19FN2O4S/c1-4-28-21(27)18-13(3)24-22-25(19(18)14-6-8-15(23)9-7-14)20(26)17(30-22)11-16-10-5-12(2)29-16/h5-11,19H,4H2,1-3H3/b17-11+/t19-/m1/s1. The van der Waals surface area contributed by atoms with E-state index in [0.29, 0.717) is 26.4 Å². The molecule has 2 aromatic heterocycles. The molecule has 30 heavy (non-hydrogen) atoms. The summed E-state index contributed by atoms with van der Waals surface area (Å²) in [5.74, 6) is 0.331. The van der Waals surface area contributed by atoms with Crippen LogP contribution in [-0.2, 0) is 9.53 Å². The lowest BCUT2D eigenvalue weighted by Crippen LogP contribution is -2.39. The van der Waals surface area contributed by atoms with Crippen LogP contribution in [0, 0.1) is 12.7 Å². The first-order chi connectivity index (χ1) is 14.4. The van der Waals surface area contributed by atoms with E-state index in [4.69, 9.17) is 9.15 Å². The first-order valence-electron chi connectivity index (χ1n) is 9.40. The van der Waals surface area contributed by atoms with Gasteiger partial charge in [0.05, 0.1) is 28.5 Å². The molecule has 0 fully saturated rings. The van der Waals surface area contributed by atoms with Crippen LogP contribution in [0.2, 0.25) is 0 Å². The van der Waals surface area contributed by atoms with Crippen molar-refractivity contribution in [3.63, 3.8) is 0 Å². The number of benzene rings is 1. The molecule has 0 amide bonds. The molecule has 0 N–H and O–H groups in total. The van der Waals surface area contributed by atoms with Crippen LogP contribution in [0.3, 0.4) is 0 Å². The minimum atomic E-state index is -0.763. The summed E-state index contributed by atoms with van der Waals surface area (Å²) in [5, 5.41) is 0. The lowest BCUT2D eigenvalue weighted by atomic mass is 9.96. The Morgan fingerprint density at radius 1 is 1.27 bits per heavy atom. The fraction of sp³-hybridized carbons (Fsp3) is 0.227. The smallest absolute Gasteiger partial charge is 0.338 e. The fourth-order valence-corrected chi connectivity index (χ4v) is 4.44. The van der Waals surface area contributed by atoms with Crippen LogP contribution in [0.5, 0.6) is 0 Å². The second-order valence-electron chi connectivity index (χ2n) is 6.80. The summed E-state index contributed by atoms with van der Waals surface area (Å²) in [4.78, 5) is 31.0. The third kappa shape index (κ3) is 3.54. The van der Waals surface area contributed by atoms with E-state index in [-0.39, 0.29) is 17.7 Å². The number of allylic oxidation sites excluding steroid dienone is 1. The zero-order chi connectivity index (χ0) is 21.4. The number of aryl methyl sites for hydroxylation is 1. The van der Waals surface area contributed by atoms with Gasteiger partial charge >= 0.3 is 5.97 Å². The van der Waals surface area contributed by atoms with E-state index in [2.05, 4.69) is 4.99 Å². The minimum absolute atomic E-state index is 0.189. The Bertz CT molecular complexity index is 1330. The van der Waals surface area contributed by atoms with Gasteiger partial charge in [-0.15, -0.1) is 0 Å². The van der Waals surface area contributed by atoms with E-state index in [1.807, 2.05) is 13.0 Å². The van der Waals surface area contributed by atoms with Gasteiger partial charge < -0.3 is 9.15 Å². The van der Waals surface area contributed by atoms with Gasteiger partial charge in [-0.1, -0.05) is 23.5 Å². The number of hydrogen-bond donors (Lipinski definition) is 0. The van der Waals surface area contributed by atoms with Gasteiger partial charge in [0, 0.05) is 6.08 Å². The summed E-state index contributed by atoms with van der Waals surface area (Å²) in [7, 11) is 0. The predicted octanol–water partition coefficient (Wildman–Crippen LogP) is 2.84. The van der Waals surface area contributed by atoms with E-state index in [1.165, 1.54) is 28.0 Å². The Hall–Kier alpha value is -3.26. The number of ether oxygens (including phenoxy) is 1. The maximum absolute atomic E-state index is 13.5. The molecule has 1 atom stereocenters. The summed E-state index contributed by atoms with van der Waals surface area (Å²) in [6, 6.07) is 8.55. The molecule has 1 aromatic carbocycles. The quantitative estimate of drug-likeness (QED) is 0.602. The Morgan fingerprint density at radius 3 is 2.63 bits per heavy atom.